The number of pyridine rings is 1. The molecule has 0 amide bonds. The highest BCUT2D eigenvalue weighted by Crippen LogP contribution is 1.96. The van der Waals surface area contributed by atoms with E-state index in [4.69, 9.17) is 10.2 Å². The summed E-state index contributed by atoms with van der Waals surface area (Å²) in [7, 11) is 0. The first kappa shape index (κ1) is 7.97. The molecule has 0 aliphatic carbocycles. The minimum Gasteiger partial charge on any atom is -0.368 e. The van der Waals surface area contributed by atoms with Gasteiger partial charge in [0.15, 0.2) is 6.29 Å². The Kier molecular flexibility index (Phi) is 2.40. The lowest BCUT2D eigenvalue weighted by atomic mass is 10.2. The molecular formula is C7H9NO3. The Labute approximate surface area is 63.1 Å². The van der Waals surface area contributed by atoms with E-state index >= 15 is 0 Å². The first-order valence-electron chi connectivity index (χ1n) is 3.22. The van der Waals surface area contributed by atoms with E-state index in [1.165, 1.54) is 12.3 Å². The summed E-state index contributed by atoms with van der Waals surface area (Å²) in [5.74, 6) is 0. The van der Waals surface area contributed by atoms with Gasteiger partial charge in [-0.1, -0.05) is 6.07 Å². The smallest absolute Gasteiger partial charge is 0.247 e. The van der Waals surface area contributed by atoms with Crippen LogP contribution in [0.1, 0.15) is 5.56 Å². The number of hydrogen-bond donors (Lipinski definition) is 3. The Morgan fingerprint density at radius 1 is 1.45 bits per heavy atom. The molecule has 3 N–H and O–H groups in total. The Balaban J connectivity index is 2.74. The molecule has 1 heterocycles. The van der Waals surface area contributed by atoms with Gasteiger partial charge in [-0.15, -0.1) is 0 Å². The van der Waals surface area contributed by atoms with Gasteiger partial charge in [-0.2, -0.15) is 0 Å². The lowest BCUT2D eigenvalue weighted by Crippen LogP contribution is -2.10. The fraction of sp³-hybridized carbons (Fsp3) is 0.286. The minimum absolute atomic E-state index is 0.136. The molecule has 4 heteroatoms. The van der Waals surface area contributed by atoms with Crippen molar-refractivity contribution < 1.29 is 10.2 Å². The second kappa shape index (κ2) is 3.32. The van der Waals surface area contributed by atoms with Crippen molar-refractivity contribution in [1.29, 1.82) is 0 Å². The van der Waals surface area contributed by atoms with Crippen LogP contribution in [0.2, 0.25) is 0 Å². The van der Waals surface area contributed by atoms with Gasteiger partial charge in [0.05, 0.1) is 0 Å². The largest absolute Gasteiger partial charge is 0.368 e. The maximum atomic E-state index is 10.5. The molecule has 1 aromatic heterocycles. The van der Waals surface area contributed by atoms with Crippen LogP contribution in [0, 0.1) is 0 Å². The van der Waals surface area contributed by atoms with Crippen LogP contribution < -0.4 is 5.56 Å². The second-order valence-corrected chi connectivity index (χ2v) is 2.25. The van der Waals surface area contributed by atoms with Crippen LogP contribution in [-0.4, -0.2) is 21.5 Å². The third kappa shape index (κ3) is 2.53. The van der Waals surface area contributed by atoms with Crippen molar-refractivity contribution >= 4 is 0 Å². The molecular weight excluding hydrogens is 146 g/mol. The fourth-order valence-corrected chi connectivity index (χ4v) is 0.781. The average Bonchev–Trinajstić information content (AvgIpc) is 1.93. The van der Waals surface area contributed by atoms with E-state index in [0.29, 0.717) is 5.56 Å². The van der Waals surface area contributed by atoms with Gasteiger partial charge in [0, 0.05) is 18.7 Å². The third-order valence-corrected chi connectivity index (χ3v) is 1.27. The maximum absolute atomic E-state index is 10.5. The van der Waals surface area contributed by atoms with Crippen molar-refractivity contribution in [3.05, 3.63) is 34.2 Å². The Bertz CT molecular complexity index is 259. The predicted molar refractivity (Wildman–Crippen MR) is 39.0 cm³/mol. The summed E-state index contributed by atoms with van der Waals surface area (Å²) < 4.78 is 0. The monoisotopic (exact) mass is 155 g/mol. The van der Waals surface area contributed by atoms with Gasteiger partial charge in [-0.25, -0.2) is 0 Å². The van der Waals surface area contributed by atoms with E-state index in [-0.39, 0.29) is 12.0 Å². The quantitative estimate of drug-likeness (QED) is 0.491. The van der Waals surface area contributed by atoms with Crippen molar-refractivity contribution in [3.8, 4) is 0 Å². The molecule has 0 aromatic carbocycles. The highest BCUT2D eigenvalue weighted by Gasteiger charge is 1.98. The zero-order chi connectivity index (χ0) is 8.27. The number of hydrogen-bond acceptors (Lipinski definition) is 3. The van der Waals surface area contributed by atoms with E-state index in [2.05, 4.69) is 4.98 Å². The van der Waals surface area contributed by atoms with Gasteiger partial charge in [0.2, 0.25) is 5.56 Å². The zero-order valence-corrected chi connectivity index (χ0v) is 5.82. The van der Waals surface area contributed by atoms with Gasteiger partial charge < -0.3 is 15.2 Å². The van der Waals surface area contributed by atoms with E-state index in [1.807, 2.05) is 0 Å². The van der Waals surface area contributed by atoms with Crippen molar-refractivity contribution in [2.45, 2.75) is 12.7 Å². The standard InChI is InChI=1S/C7H9NO3/c9-6-2-1-5(4-8-6)3-7(10)11/h1-2,4,7,10-11H,3H2,(H,8,9). The molecule has 0 bridgehead atoms. The predicted octanol–water partition coefficient (Wildman–Crippen LogP) is -0.772. The summed E-state index contributed by atoms with van der Waals surface area (Å²) in [4.78, 5) is 13.0. The summed E-state index contributed by atoms with van der Waals surface area (Å²) >= 11 is 0. The van der Waals surface area contributed by atoms with Crippen LogP contribution >= 0.6 is 0 Å². The Hall–Kier alpha value is -1.13. The molecule has 0 fully saturated rings. The van der Waals surface area contributed by atoms with Crippen LogP contribution in [0.25, 0.3) is 0 Å². The highest BCUT2D eigenvalue weighted by molar-refractivity contribution is 5.08. The molecule has 0 aliphatic rings. The first-order chi connectivity index (χ1) is 5.18. The van der Waals surface area contributed by atoms with Crippen molar-refractivity contribution in [3.63, 3.8) is 0 Å². The lowest BCUT2D eigenvalue weighted by molar-refractivity contribution is -0.0382. The molecule has 11 heavy (non-hydrogen) atoms. The fourth-order valence-electron chi connectivity index (χ4n) is 0.781. The van der Waals surface area contributed by atoms with Crippen LogP contribution in [0.15, 0.2) is 23.1 Å². The zero-order valence-electron chi connectivity index (χ0n) is 5.82. The molecule has 0 atom stereocenters. The molecule has 0 spiro atoms. The summed E-state index contributed by atoms with van der Waals surface area (Å²) in [6, 6.07) is 2.90. The normalized spacial score (nSPS) is 10.5. The molecule has 0 unspecified atom stereocenters. The van der Waals surface area contributed by atoms with Crippen LogP contribution in [0.5, 0.6) is 0 Å². The SMILES string of the molecule is O=c1ccc(CC(O)O)c[nH]1. The van der Waals surface area contributed by atoms with E-state index in [0.717, 1.165) is 0 Å². The van der Waals surface area contributed by atoms with Gasteiger partial charge in [-0.05, 0) is 5.56 Å². The Morgan fingerprint density at radius 3 is 2.64 bits per heavy atom. The number of aliphatic hydroxyl groups excluding tert-OH is 1. The van der Waals surface area contributed by atoms with E-state index < -0.39 is 6.29 Å². The van der Waals surface area contributed by atoms with Crippen molar-refractivity contribution in [1.82, 2.24) is 4.98 Å². The van der Waals surface area contributed by atoms with Gasteiger partial charge in [0.25, 0.3) is 0 Å². The maximum Gasteiger partial charge on any atom is 0.247 e. The van der Waals surface area contributed by atoms with Gasteiger partial charge in [-0.3, -0.25) is 4.79 Å². The number of H-pyrrole nitrogens is 1. The summed E-state index contributed by atoms with van der Waals surface area (Å²) in [5.41, 5.74) is 0.501. The minimum atomic E-state index is -1.36. The number of aliphatic hydroxyl groups is 2. The number of nitrogens with one attached hydrogen (secondary N) is 1. The molecule has 0 saturated carbocycles. The van der Waals surface area contributed by atoms with Crippen LogP contribution in [0.4, 0.5) is 0 Å². The number of aromatic amines is 1. The van der Waals surface area contributed by atoms with Crippen molar-refractivity contribution in [2.24, 2.45) is 0 Å². The summed E-state index contributed by atoms with van der Waals surface area (Å²) in [5, 5.41) is 17.1. The molecule has 0 radical (unpaired) electrons. The molecule has 4 nitrogen and oxygen atoms in total. The van der Waals surface area contributed by atoms with E-state index in [1.54, 1.807) is 6.07 Å². The summed E-state index contributed by atoms with van der Waals surface area (Å²) in [6.45, 7) is 0. The molecule has 1 rings (SSSR count). The van der Waals surface area contributed by atoms with E-state index in [9.17, 15) is 4.79 Å². The van der Waals surface area contributed by atoms with Crippen molar-refractivity contribution in [2.75, 3.05) is 0 Å². The number of rotatable bonds is 2. The lowest BCUT2D eigenvalue weighted by Gasteiger charge is -2.01. The highest BCUT2D eigenvalue weighted by atomic mass is 16.5. The number of aromatic nitrogens is 1. The summed E-state index contributed by atoms with van der Waals surface area (Å²) in [6.07, 6.45) is 0.236. The second-order valence-electron chi connectivity index (χ2n) is 2.25. The van der Waals surface area contributed by atoms with Crippen LogP contribution in [0.3, 0.4) is 0 Å². The average molecular weight is 155 g/mol. The third-order valence-electron chi connectivity index (χ3n) is 1.27. The van der Waals surface area contributed by atoms with Crippen LogP contribution in [-0.2, 0) is 6.42 Å². The van der Waals surface area contributed by atoms with Gasteiger partial charge >= 0.3 is 0 Å². The first-order valence-corrected chi connectivity index (χ1v) is 3.22. The van der Waals surface area contributed by atoms with Gasteiger partial charge in [0.1, 0.15) is 0 Å². The molecule has 0 saturated heterocycles. The topological polar surface area (TPSA) is 73.3 Å². The molecule has 0 aliphatic heterocycles. The molecule has 60 valence electrons. The Morgan fingerprint density at radius 2 is 2.18 bits per heavy atom. The molecule has 1 aromatic rings.